The standard InChI is InChI=1S/C28H22N2O5S/c1-18(31)30(23-10-6-3-7-11-23)28-29-22(17-36-28)16-34-26(32)20-12-13-24-21(14-20)15-25(35-27(24)33)19-8-4-2-5-9-19/h2-14,17,25H,15-16H2,1H3. The molecule has 0 aliphatic carbocycles. The van der Waals surface area contributed by atoms with Crippen LogP contribution in [0, 0.1) is 0 Å². The Kier molecular flexibility index (Phi) is 6.60. The summed E-state index contributed by atoms with van der Waals surface area (Å²) in [6.07, 6.45) is 0.0712. The quantitative estimate of drug-likeness (QED) is 0.320. The fraction of sp³-hybridized carbons (Fsp3) is 0.143. The van der Waals surface area contributed by atoms with Gasteiger partial charge >= 0.3 is 11.9 Å². The van der Waals surface area contributed by atoms with E-state index in [0.717, 1.165) is 11.1 Å². The molecule has 7 nitrogen and oxygen atoms in total. The molecule has 0 bridgehead atoms. The van der Waals surface area contributed by atoms with Gasteiger partial charge in [-0.05, 0) is 41.5 Å². The van der Waals surface area contributed by atoms with Crippen molar-refractivity contribution in [1.29, 1.82) is 0 Å². The third-order valence-electron chi connectivity index (χ3n) is 5.80. The highest BCUT2D eigenvalue weighted by molar-refractivity contribution is 7.14. The molecule has 2 heterocycles. The van der Waals surface area contributed by atoms with Crippen molar-refractivity contribution in [2.75, 3.05) is 4.90 Å². The largest absolute Gasteiger partial charge is 0.456 e. The minimum absolute atomic E-state index is 0.0400. The number of amides is 1. The molecule has 0 saturated heterocycles. The van der Waals surface area contributed by atoms with Crippen molar-refractivity contribution in [1.82, 2.24) is 4.98 Å². The first-order chi connectivity index (χ1) is 17.5. The fourth-order valence-electron chi connectivity index (χ4n) is 4.07. The first-order valence-electron chi connectivity index (χ1n) is 11.4. The van der Waals surface area contributed by atoms with Gasteiger partial charge < -0.3 is 9.47 Å². The van der Waals surface area contributed by atoms with Crippen molar-refractivity contribution in [2.45, 2.75) is 26.1 Å². The van der Waals surface area contributed by atoms with Crippen LogP contribution >= 0.6 is 11.3 Å². The summed E-state index contributed by atoms with van der Waals surface area (Å²) in [4.78, 5) is 43.5. The lowest BCUT2D eigenvalue weighted by molar-refractivity contribution is -0.115. The van der Waals surface area contributed by atoms with Crippen LogP contribution in [0.2, 0.25) is 0 Å². The zero-order valence-corrected chi connectivity index (χ0v) is 20.2. The third-order valence-corrected chi connectivity index (χ3v) is 6.67. The number of benzene rings is 3. The lowest BCUT2D eigenvalue weighted by Crippen LogP contribution is -2.22. The van der Waals surface area contributed by atoms with Crippen molar-refractivity contribution in [2.24, 2.45) is 0 Å². The molecule has 1 amide bonds. The summed E-state index contributed by atoms with van der Waals surface area (Å²) in [7, 11) is 0. The van der Waals surface area contributed by atoms with E-state index in [1.807, 2.05) is 60.7 Å². The Balaban J connectivity index is 1.28. The molecule has 0 N–H and O–H groups in total. The number of fused-ring (bicyclic) bond motifs is 1. The minimum atomic E-state index is -0.519. The second kappa shape index (κ2) is 10.1. The van der Waals surface area contributed by atoms with E-state index in [-0.39, 0.29) is 12.5 Å². The van der Waals surface area contributed by atoms with Gasteiger partial charge in [-0.1, -0.05) is 48.5 Å². The predicted molar refractivity (Wildman–Crippen MR) is 135 cm³/mol. The average Bonchev–Trinajstić information content (AvgIpc) is 3.36. The molecule has 3 aromatic carbocycles. The number of hydrogen-bond donors (Lipinski definition) is 0. The maximum atomic E-state index is 12.8. The summed E-state index contributed by atoms with van der Waals surface area (Å²) in [5.74, 6) is -1.09. The summed E-state index contributed by atoms with van der Waals surface area (Å²) < 4.78 is 11.1. The number of carbonyl (C=O) groups is 3. The average molecular weight is 499 g/mol. The van der Waals surface area contributed by atoms with Crippen molar-refractivity contribution in [3.63, 3.8) is 0 Å². The lowest BCUT2D eigenvalue weighted by atomic mass is 9.93. The Morgan fingerprint density at radius 2 is 1.78 bits per heavy atom. The molecule has 0 saturated carbocycles. The number of ether oxygens (including phenoxy) is 2. The summed E-state index contributed by atoms with van der Waals surface area (Å²) >= 11 is 1.30. The highest BCUT2D eigenvalue weighted by atomic mass is 32.1. The highest BCUT2D eigenvalue weighted by Gasteiger charge is 2.28. The van der Waals surface area contributed by atoms with Crippen LogP contribution in [0.3, 0.4) is 0 Å². The van der Waals surface area contributed by atoms with Gasteiger partial charge in [0.2, 0.25) is 5.91 Å². The van der Waals surface area contributed by atoms with Crippen molar-refractivity contribution < 1.29 is 23.9 Å². The molecule has 1 aliphatic heterocycles. The van der Waals surface area contributed by atoms with Crippen LogP contribution < -0.4 is 4.90 Å². The second-order valence-electron chi connectivity index (χ2n) is 8.27. The van der Waals surface area contributed by atoms with Crippen molar-refractivity contribution in [3.8, 4) is 0 Å². The van der Waals surface area contributed by atoms with Gasteiger partial charge in [-0.25, -0.2) is 14.6 Å². The Morgan fingerprint density at radius 1 is 1.06 bits per heavy atom. The number of thiazole rings is 1. The molecule has 1 atom stereocenters. The SMILES string of the molecule is CC(=O)N(c1ccccc1)c1nc(COC(=O)c2ccc3c(c2)CC(c2ccccc2)OC3=O)cs1. The summed E-state index contributed by atoms with van der Waals surface area (Å²) in [5, 5.41) is 2.26. The molecule has 1 unspecified atom stereocenters. The number of rotatable bonds is 6. The predicted octanol–water partition coefficient (Wildman–Crippen LogP) is 5.64. The number of esters is 2. The highest BCUT2D eigenvalue weighted by Crippen LogP contribution is 2.32. The van der Waals surface area contributed by atoms with Crippen LogP contribution in [0.25, 0.3) is 0 Å². The molecule has 1 aliphatic rings. The lowest BCUT2D eigenvalue weighted by Gasteiger charge is -2.25. The number of para-hydroxylation sites is 1. The number of hydrogen-bond acceptors (Lipinski definition) is 7. The number of cyclic esters (lactones) is 1. The van der Waals surface area contributed by atoms with Crippen LogP contribution in [-0.4, -0.2) is 22.8 Å². The van der Waals surface area contributed by atoms with E-state index < -0.39 is 18.0 Å². The van der Waals surface area contributed by atoms with E-state index in [0.29, 0.717) is 34.1 Å². The number of aromatic nitrogens is 1. The molecular weight excluding hydrogens is 476 g/mol. The second-order valence-corrected chi connectivity index (χ2v) is 9.10. The van der Waals surface area contributed by atoms with Crippen LogP contribution in [0.4, 0.5) is 10.8 Å². The molecule has 0 radical (unpaired) electrons. The molecule has 1 aromatic heterocycles. The van der Waals surface area contributed by atoms with Gasteiger partial charge in [0.05, 0.1) is 22.5 Å². The summed E-state index contributed by atoms with van der Waals surface area (Å²) in [6.45, 7) is 1.43. The zero-order chi connectivity index (χ0) is 25.1. The van der Waals surface area contributed by atoms with E-state index in [1.165, 1.54) is 23.2 Å². The van der Waals surface area contributed by atoms with E-state index in [2.05, 4.69) is 4.98 Å². The number of anilines is 2. The van der Waals surface area contributed by atoms with Crippen molar-refractivity contribution in [3.05, 3.63) is 112 Å². The first kappa shape index (κ1) is 23.4. The Hall–Kier alpha value is -4.30. The Bertz CT molecular complexity index is 1420. The smallest absolute Gasteiger partial charge is 0.339 e. The van der Waals surface area contributed by atoms with E-state index in [1.54, 1.807) is 23.6 Å². The summed E-state index contributed by atoms with van der Waals surface area (Å²) in [6, 6.07) is 23.6. The first-order valence-corrected chi connectivity index (χ1v) is 12.2. The maximum absolute atomic E-state index is 12.8. The zero-order valence-electron chi connectivity index (χ0n) is 19.4. The van der Waals surface area contributed by atoms with Gasteiger partial charge in [-0.3, -0.25) is 9.69 Å². The van der Waals surface area contributed by atoms with Gasteiger partial charge in [0.1, 0.15) is 12.7 Å². The monoisotopic (exact) mass is 498 g/mol. The molecule has 8 heteroatoms. The molecule has 5 rings (SSSR count). The molecule has 0 fully saturated rings. The Morgan fingerprint density at radius 3 is 2.50 bits per heavy atom. The van der Waals surface area contributed by atoms with Gasteiger partial charge in [-0.15, -0.1) is 11.3 Å². The van der Waals surface area contributed by atoms with Gasteiger partial charge in [0, 0.05) is 18.7 Å². The molecule has 0 spiro atoms. The van der Waals surface area contributed by atoms with Crippen LogP contribution in [-0.2, 0) is 27.3 Å². The van der Waals surface area contributed by atoms with Crippen molar-refractivity contribution >= 4 is 40.0 Å². The normalized spacial score (nSPS) is 14.5. The fourth-order valence-corrected chi connectivity index (χ4v) is 4.94. The molecule has 4 aromatic rings. The van der Waals surface area contributed by atoms with E-state index in [4.69, 9.17) is 9.47 Å². The third kappa shape index (κ3) is 4.89. The topological polar surface area (TPSA) is 85.8 Å². The number of nitrogens with zero attached hydrogens (tertiary/aromatic N) is 2. The Labute approximate surface area is 211 Å². The molecule has 180 valence electrons. The van der Waals surface area contributed by atoms with Crippen LogP contribution in [0.15, 0.2) is 84.2 Å². The minimum Gasteiger partial charge on any atom is -0.456 e. The molecular formula is C28H22N2O5S. The molecule has 36 heavy (non-hydrogen) atoms. The maximum Gasteiger partial charge on any atom is 0.339 e. The van der Waals surface area contributed by atoms with Gasteiger partial charge in [0.15, 0.2) is 5.13 Å². The van der Waals surface area contributed by atoms with Crippen LogP contribution in [0.5, 0.6) is 0 Å². The van der Waals surface area contributed by atoms with Gasteiger partial charge in [0.25, 0.3) is 0 Å². The summed E-state index contributed by atoms with van der Waals surface area (Å²) in [5.41, 5.74) is 3.69. The van der Waals surface area contributed by atoms with Gasteiger partial charge in [-0.2, -0.15) is 0 Å². The van der Waals surface area contributed by atoms with E-state index >= 15 is 0 Å². The number of carbonyl (C=O) groups excluding carboxylic acids is 3. The van der Waals surface area contributed by atoms with E-state index in [9.17, 15) is 14.4 Å². The van der Waals surface area contributed by atoms with Crippen LogP contribution in [0.1, 0.15) is 50.6 Å².